The molecule has 1 heterocycles. The largest absolute Gasteiger partial charge is 0.354 e. The van der Waals surface area contributed by atoms with Gasteiger partial charge in [0.25, 0.3) is 0 Å². The number of halogens is 1. The van der Waals surface area contributed by atoms with Gasteiger partial charge in [-0.25, -0.2) is 0 Å². The molecule has 0 fully saturated rings. The van der Waals surface area contributed by atoms with Crippen LogP contribution in [0.1, 0.15) is 34.6 Å². The van der Waals surface area contributed by atoms with Crippen molar-refractivity contribution in [3.8, 4) is 0 Å². The van der Waals surface area contributed by atoms with E-state index in [0.717, 1.165) is 6.54 Å². The molecule has 1 unspecified atom stereocenters. The second-order valence-corrected chi connectivity index (χ2v) is 5.75. The van der Waals surface area contributed by atoms with Crippen LogP contribution in [-0.2, 0) is 0 Å². The van der Waals surface area contributed by atoms with Crippen molar-refractivity contribution >= 4 is 23.5 Å². The Morgan fingerprint density at radius 3 is 2.39 bits per heavy atom. The third-order valence-corrected chi connectivity index (χ3v) is 3.25. The van der Waals surface area contributed by atoms with E-state index in [-0.39, 0.29) is 16.7 Å². The fourth-order valence-electron chi connectivity index (χ4n) is 1.49. The number of hydrogen-bond donors (Lipinski definition) is 1. The summed E-state index contributed by atoms with van der Waals surface area (Å²) in [6, 6.07) is 0.283. The normalized spacial score (nSPS) is 13.3. The monoisotopic (exact) mass is 271 g/mol. The predicted molar refractivity (Wildman–Crippen MR) is 76.3 cm³/mol. The maximum atomic E-state index is 5.92. The second kappa shape index (κ2) is 5.69. The van der Waals surface area contributed by atoms with E-state index in [0.29, 0.717) is 11.9 Å². The lowest BCUT2D eigenvalue weighted by Gasteiger charge is -2.35. The zero-order chi connectivity index (χ0) is 13.9. The average Bonchev–Trinajstić information content (AvgIpc) is 2.25. The van der Waals surface area contributed by atoms with Crippen molar-refractivity contribution in [1.82, 2.24) is 15.0 Å². The number of rotatable bonds is 4. The van der Waals surface area contributed by atoms with Crippen LogP contribution in [0.4, 0.5) is 11.9 Å². The quantitative estimate of drug-likeness (QED) is 0.913. The number of hydrogen-bond acceptors (Lipinski definition) is 5. The fraction of sp³-hybridized carbons (Fsp3) is 0.750. The van der Waals surface area contributed by atoms with Crippen molar-refractivity contribution < 1.29 is 0 Å². The van der Waals surface area contributed by atoms with Gasteiger partial charge in [-0.2, -0.15) is 15.0 Å². The molecule has 0 radical (unpaired) electrons. The van der Waals surface area contributed by atoms with Crippen LogP contribution in [0.25, 0.3) is 0 Å². The van der Waals surface area contributed by atoms with Crippen molar-refractivity contribution in [2.24, 2.45) is 5.41 Å². The van der Waals surface area contributed by atoms with Crippen LogP contribution in [0.15, 0.2) is 0 Å². The third-order valence-electron chi connectivity index (χ3n) is 3.08. The molecule has 0 aromatic carbocycles. The van der Waals surface area contributed by atoms with E-state index in [9.17, 15) is 0 Å². The highest BCUT2D eigenvalue weighted by atomic mass is 35.5. The summed E-state index contributed by atoms with van der Waals surface area (Å²) in [5.74, 6) is 1.11. The zero-order valence-corrected chi connectivity index (χ0v) is 12.7. The van der Waals surface area contributed by atoms with Gasteiger partial charge in [0.2, 0.25) is 17.2 Å². The minimum absolute atomic E-state index is 0.131. The summed E-state index contributed by atoms with van der Waals surface area (Å²) in [7, 11) is 1.97. The molecule has 1 aromatic rings. The molecule has 1 N–H and O–H groups in total. The van der Waals surface area contributed by atoms with Gasteiger partial charge < -0.3 is 10.2 Å². The molecule has 0 spiro atoms. The molecule has 0 amide bonds. The highest BCUT2D eigenvalue weighted by Gasteiger charge is 2.26. The number of nitrogens with zero attached hydrogens (tertiary/aromatic N) is 4. The Labute approximate surface area is 114 Å². The van der Waals surface area contributed by atoms with Gasteiger partial charge in [-0.15, -0.1) is 0 Å². The van der Waals surface area contributed by atoms with Gasteiger partial charge >= 0.3 is 0 Å². The van der Waals surface area contributed by atoms with Gasteiger partial charge in [-0.05, 0) is 30.9 Å². The molecular weight excluding hydrogens is 250 g/mol. The molecule has 1 rings (SSSR count). The molecule has 0 saturated carbocycles. The Morgan fingerprint density at radius 2 is 1.89 bits per heavy atom. The van der Waals surface area contributed by atoms with Crippen LogP contribution in [0.3, 0.4) is 0 Å². The summed E-state index contributed by atoms with van der Waals surface area (Å²) < 4.78 is 0. The van der Waals surface area contributed by atoms with Gasteiger partial charge in [0.1, 0.15) is 0 Å². The van der Waals surface area contributed by atoms with Gasteiger partial charge in [0.15, 0.2) is 0 Å². The van der Waals surface area contributed by atoms with Crippen molar-refractivity contribution in [1.29, 1.82) is 0 Å². The summed E-state index contributed by atoms with van der Waals surface area (Å²) in [4.78, 5) is 14.6. The first-order chi connectivity index (χ1) is 8.25. The molecule has 0 aliphatic heterocycles. The lowest BCUT2D eigenvalue weighted by Crippen LogP contribution is -2.40. The molecule has 102 valence electrons. The van der Waals surface area contributed by atoms with Crippen molar-refractivity contribution in [2.75, 3.05) is 23.8 Å². The Balaban J connectivity index is 3.01. The molecule has 1 aromatic heterocycles. The van der Waals surface area contributed by atoms with Crippen molar-refractivity contribution in [2.45, 2.75) is 40.7 Å². The number of aromatic nitrogens is 3. The van der Waals surface area contributed by atoms with Crippen LogP contribution in [0, 0.1) is 5.41 Å². The van der Waals surface area contributed by atoms with E-state index in [2.05, 4.69) is 48.0 Å². The number of nitrogens with one attached hydrogen (secondary N) is 1. The first kappa shape index (κ1) is 15.0. The minimum atomic E-state index is 0.131. The van der Waals surface area contributed by atoms with Crippen molar-refractivity contribution in [3.63, 3.8) is 0 Å². The highest BCUT2D eigenvalue weighted by molar-refractivity contribution is 6.28. The molecule has 5 nitrogen and oxygen atoms in total. The molecular formula is C12H22ClN5. The lowest BCUT2D eigenvalue weighted by atomic mass is 9.87. The van der Waals surface area contributed by atoms with Crippen molar-refractivity contribution in [3.05, 3.63) is 5.28 Å². The standard InChI is InChI=1S/C12H22ClN5/c1-7-14-10-15-9(13)16-11(17-10)18(6)8(2)12(3,4)5/h8H,7H2,1-6H3,(H,14,15,16,17). The minimum Gasteiger partial charge on any atom is -0.354 e. The van der Waals surface area contributed by atoms with Crippen LogP contribution in [0.5, 0.6) is 0 Å². The first-order valence-electron chi connectivity index (χ1n) is 6.14. The lowest BCUT2D eigenvalue weighted by molar-refractivity contribution is 0.327. The van der Waals surface area contributed by atoms with Crippen LogP contribution in [-0.4, -0.2) is 34.6 Å². The van der Waals surface area contributed by atoms with Crippen LogP contribution < -0.4 is 10.2 Å². The summed E-state index contributed by atoms with van der Waals surface area (Å²) in [5.41, 5.74) is 0.131. The van der Waals surface area contributed by atoms with E-state index in [1.807, 2.05) is 18.9 Å². The Kier molecular flexibility index (Phi) is 4.73. The zero-order valence-electron chi connectivity index (χ0n) is 12.0. The summed E-state index contributed by atoms with van der Waals surface area (Å²) in [6.07, 6.45) is 0. The maximum absolute atomic E-state index is 5.92. The summed E-state index contributed by atoms with van der Waals surface area (Å²) >= 11 is 5.92. The van der Waals surface area contributed by atoms with Gasteiger partial charge in [0.05, 0.1) is 0 Å². The SMILES string of the molecule is CCNc1nc(Cl)nc(N(C)C(C)C(C)(C)C)n1. The van der Waals surface area contributed by atoms with Gasteiger partial charge in [-0.1, -0.05) is 20.8 Å². The van der Waals surface area contributed by atoms with E-state index in [1.54, 1.807) is 0 Å². The molecule has 0 aliphatic carbocycles. The van der Waals surface area contributed by atoms with Gasteiger partial charge in [-0.3, -0.25) is 0 Å². The fourth-order valence-corrected chi connectivity index (χ4v) is 1.64. The molecule has 0 saturated heterocycles. The van der Waals surface area contributed by atoms with Crippen LogP contribution in [0.2, 0.25) is 5.28 Å². The predicted octanol–water partition coefficient (Wildman–Crippen LogP) is 2.83. The average molecular weight is 272 g/mol. The number of anilines is 2. The van der Waals surface area contributed by atoms with E-state index < -0.39 is 0 Å². The Morgan fingerprint density at radius 1 is 1.28 bits per heavy atom. The van der Waals surface area contributed by atoms with E-state index in [4.69, 9.17) is 11.6 Å². The molecule has 18 heavy (non-hydrogen) atoms. The summed E-state index contributed by atoms with van der Waals surface area (Å²) in [6.45, 7) is 11.4. The Bertz CT molecular complexity index is 402. The van der Waals surface area contributed by atoms with Gasteiger partial charge in [0, 0.05) is 19.6 Å². The van der Waals surface area contributed by atoms with E-state index in [1.165, 1.54) is 0 Å². The Hall–Kier alpha value is -1.10. The summed E-state index contributed by atoms with van der Waals surface area (Å²) in [5, 5.41) is 3.26. The molecule has 6 heteroatoms. The smallest absolute Gasteiger partial charge is 0.231 e. The van der Waals surface area contributed by atoms with E-state index >= 15 is 0 Å². The molecule has 0 bridgehead atoms. The first-order valence-corrected chi connectivity index (χ1v) is 6.51. The molecule has 1 atom stereocenters. The highest BCUT2D eigenvalue weighted by Crippen LogP contribution is 2.26. The topological polar surface area (TPSA) is 53.9 Å². The maximum Gasteiger partial charge on any atom is 0.231 e. The second-order valence-electron chi connectivity index (χ2n) is 5.41. The van der Waals surface area contributed by atoms with Crippen LogP contribution >= 0.6 is 11.6 Å². The molecule has 0 aliphatic rings. The third kappa shape index (κ3) is 3.70.